The van der Waals surface area contributed by atoms with E-state index < -0.39 is 10.9 Å². The molecule has 19 heavy (non-hydrogen) atoms. The molecule has 1 rings (SSSR count). The highest BCUT2D eigenvalue weighted by molar-refractivity contribution is 6.34. The Balaban J connectivity index is 3.47. The number of nitrogens with zero attached hydrogens (tertiary/aromatic N) is 2. The van der Waals surface area contributed by atoms with Crippen LogP contribution in [0.15, 0.2) is 12.1 Å². The summed E-state index contributed by atoms with van der Waals surface area (Å²) in [5.74, 6) is -0.656. The normalized spacial score (nSPS) is 10.1. The van der Waals surface area contributed by atoms with E-state index >= 15 is 0 Å². The largest absolute Gasteiger partial charge is 0.465 e. The Morgan fingerprint density at radius 3 is 2.42 bits per heavy atom. The van der Waals surface area contributed by atoms with E-state index in [1.807, 2.05) is 13.8 Å². The molecule has 0 aliphatic heterocycles. The van der Waals surface area contributed by atoms with Gasteiger partial charge in [0.05, 0.1) is 22.6 Å². The summed E-state index contributed by atoms with van der Waals surface area (Å²) in [6.45, 7) is 4.90. The Morgan fingerprint density at radius 1 is 1.42 bits per heavy atom. The number of anilines is 1. The van der Waals surface area contributed by atoms with Crippen LogP contribution < -0.4 is 4.90 Å². The SMILES string of the molecule is CCN(CC)c1c(Cl)cc(C(=O)OC)cc1[N+](=O)[O-]. The van der Waals surface area contributed by atoms with Gasteiger partial charge in [0.2, 0.25) is 0 Å². The summed E-state index contributed by atoms with van der Waals surface area (Å²) in [4.78, 5) is 23.8. The van der Waals surface area contributed by atoms with Crippen molar-refractivity contribution in [2.75, 3.05) is 25.1 Å². The Labute approximate surface area is 116 Å². The number of hydrogen-bond donors (Lipinski definition) is 0. The minimum absolute atomic E-state index is 0.0649. The van der Waals surface area contributed by atoms with Gasteiger partial charge in [0, 0.05) is 19.2 Å². The lowest BCUT2D eigenvalue weighted by Crippen LogP contribution is -2.23. The maximum absolute atomic E-state index is 11.4. The molecule has 0 N–H and O–H groups in total. The van der Waals surface area contributed by atoms with Crippen LogP contribution in [0.5, 0.6) is 0 Å². The van der Waals surface area contributed by atoms with Crippen LogP contribution in [0.3, 0.4) is 0 Å². The number of nitro benzene ring substituents is 1. The number of halogens is 1. The van der Waals surface area contributed by atoms with Gasteiger partial charge in [-0.15, -0.1) is 0 Å². The minimum Gasteiger partial charge on any atom is -0.465 e. The zero-order valence-corrected chi connectivity index (χ0v) is 11.7. The second-order valence-corrected chi connectivity index (χ2v) is 4.15. The zero-order chi connectivity index (χ0) is 14.6. The molecule has 0 heterocycles. The molecule has 6 nitrogen and oxygen atoms in total. The number of nitro groups is 1. The van der Waals surface area contributed by atoms with Gasteiger partial charge in [0.15, 0.2) is 0 Å². The summed E-state index contributed by atoms with van der Waals surface area (Å²) in [6.07, 6.45) is 0. The van der Waals surface area contributed by atoms with E-state index in [9.17, 15) is 14.9 Å². The predicted molar refractivity (Wildman–Crippen MR) is 73.0 cm³/mol. The van der Waals surface area contributed by atoms with Crippen LogP contribution in [0.25, 0.3) is 0 Å². The molecular formula is C12H15ClN2O4. The Kier molecular flexibility index (Phi) is 5.11. The average Bonchev–Trinajstić information content (AvgIpc) is 2.40. The second-order valence-electron chi connectivity index (χ2n) is 3.75. The first-order valence-corrected chi connectivity index (χ1v) is 6.15. The van der Waals surface area contributed by atoms with Gasteiger partial charge in [-0.1, -0.05) is 11.6 Å². The molecule has 0 radical (unpaired) electrons. The lowest BCUT2D eigenvalue weighted by Gasteiger charge is -2.22. The molecule has 0 aliphatic carbocycles. The number of benzene rings is 1. The maximum Gasteiger partial charge on any atom is 0.338 e. The van der Waals surface area contributed by atoms with Crippen LogP contribution >= 0.6 is 11.6 Å². The number of carbonyl (C=O) groups excluding carboxylic acids is 1. The molecule has 0 saturated heterocycles. The second kappa shape index (κ2) is 6.38. The van der Waals surface area contributed by atoms with Crippen molar-refractivity contribution in [3.05, 3.63) is 32.8 Å². The van der Waals surface area contributed by atoms with Crippen LogP contribution in [0.4, 0.5) is 11.4 Å². The van der Waals surface area contributed by atoms with E-state index in [4.69, 9.17) is 11.6 Å². The lowest BCUT2D eigenvalue weighted by atomic mass is 10.1. The van der Waals surface area contributed by atoms with E-state index in [0.717, 1.165) is 0 Å². The smallest absolute Gasteiger partial charge is 0.338 e. The van der Waals surface area contributed by atoms with E-state index in [1.54, 1.807) is 4.90 Å². The van der Waals surface area contributed by atoms with Crippen LogP contribution in [-0.4, -0.2) is 31.1 Å². The number of rotatable bonds is 5. The summed E-state index contributed by atoms with van der Waals surface area (Å²) < 4.78 is 4.55. The molecule has 0 atom stereocenters. The van der Waals surface area contributed by atoms with Crippen molar-refractivity contribution in [2.24, 2.45) is 0 Å². The molecule has 0 fully saturated rings. The molecular weight excluding hydrogens is 272 g/mol. The third kappa shape index (κ3) is 3.14. The van der Waals surface area contributed by atoms with Crippen molar-refractivity contribution >= 4 is 28.9 Å². The van der Waals surface area contributed by atoms with Crippen LogP contribution in [-0.2, 0) is 4.74 Å². The molecule has 1 aromatic rings. The fraction of sp³-hybridized carbons (Fsp3) is 0.417. The predicted octanol–water partition coefficient (Wildman–Crippen LogP) is 2.88. The summed E-state index contributed by atoms with van der Waals surface area (Å²) in [6, 6.07) is 2.57. The number of esters is 1. The first-order chi connectivity index (χ1) is 8.96. The van der Waals surface area contributed by atoms with Crippen molar-refractivity contribution in [1.82, 2.24) is 0 Å². The van der Waals surface area contributed by atoms with Gasteiger partial charge < -0.3 is 9.64 Å². The van der Waals surface area contributed by atoms with E-state index in [-0.39, 0.29) is 16.3 Å². The third-order valence-corrected chi connectivity index (χ3v) is 3.03. The third-order valence-electron chi connectivity index (χ3n) is 2.74. The molecule has 104 valence electrons. The van der Waals surface area contributed by atoms with Crippen LogP contribution in [0.1, 0.15) is 24.2 Å². The summed E-state index contributed by atoms with van der Waals surface area (Å²) in [5, 5.41) is 11.3. The van der Waals surface area contributed by atoms with Crippen LogP contribution in [0, 0.1) is 10.1 Å². The lowest BCUT2D eigenvalue weighted by molar-refractivity contribution is -0.384. The number of methoxy groups -OCH3 is 1. The summed E-state index contributed by atoms with van der Waals surface area (Å²) >= 11 is 6.08. The maximum atomic E-state index is 11.4. The number of carbonyl (C=O) groups is 1. The van der Waals surface area contributed by atoms with Crippen molar-refractivity contribution in [1.29, 1.82) is 0 Å². The highest BCUT2D eigenvalue weighted by atomic mass is 35.5. The fourth-order valence-corrected chi connectivity index (χ4v) is 2.15. The van der Waals surface area contributed by atoms with Gasteiger partial charge >= 0.3 is 5.97 Å². The monoisotopic (exact) mass is 286 g/mol. The Morgan fingerprint density at radius 2 is 2.00 bits per heavy atom. The highest BCUT2D eigenvalue weighted by Gasteiger charge is 2.24. The molecule has 0 aromatic heterocycles. The molecule has 0 amide bonds. The Bertz CT molecular complexity index is 501. The quantitative estimate of drug-likeness (QED) is 0.473. The highest BCUT2D eigenvalue weighted by Crippen LogP contribution is 2.37. The molecule has 0 aliphatic rings. The van der Waals surface area contributed by atoms with Crippen molar-refractivity contribution in [3.8, 4) is 0 Å². The van der Waals surface area contributed by atoms with Crippen molar-refractivity contribution in [3.63, 3.8) is 0 Å². The van der Waals surface area contributed by atoms with Crippen molar-refractivity contribution in [2.45, 2.75) is 13.8 Å². The first-order valence-electron chi connectivity index (χ1n) is 5.77. The molecule has 0 bridgehead atoms. The van der Waals surface area contributed by atoms with Crippen molar-refractivity contribution < 1.29 is 14.5 Å². The van der Waals surface area contributed by atoms with E-state index in [1.165, 1.54) is 19.2 Å². The first kappa shape index (κ1) is 15.2. The summed E-state index contributed by atoms with van der Waals surface area (Å²) in [5.41, 5.74) is 0.191. The van der Waals surface area contributed by atoms with Gasteiger partial charge in [-0.2, -0.15) is 0 Å². The van der Waals surface area contributed by atoms with Gasteiger partial charge in [0.1, 0.15) is 5.69 Å². The fourth-order valence-electron chi connectivity index (χ4n) is 1.81. The topological polar surface area (TPSA) is 72.7 Å². The van der Waals surface area contributed by atoms with Gasteiger partial charge in [-0.05, 0) is 19.9 Å². The van der Waals surface area contributed by atoms with Gasteiger partial charge in [0.25, 0.3) is 5.69 Å². The molecule has 1 aromatic carbocycles. The average molecular weight is 287 g/mol. The summed E-state index contributed by atoms with van der Waals surface area (Å²) in [7, 11) is 1.21. The number of hydrogen-bond acceptors (Lipinski definition) is 5. The molecule has 7 heteroatoms. The molecule has 0 unspecified atom stereocenters. The van der Waals surface area contributed by atoms with Crippen LogP contribution in [0.2, 0.25) is 5.02 Å². The molecule has 0 spiro atoms. The van der Waals surface area contributed by atoms with Gasteiger partial charge in [-0.3, -0.25) is 10.1 Å². The zero-order valence-electron chi connectivity index (χ0n) is 11.0. The number of ether oxygens (including phenoxy) is 1. The standard InChI is InChI=1S/C12H15ClN2O4/c1-4-14(5-2)11-9(13)6-8(12(16)19-3)7-10(11)15(17)18/h6-7H,4-5H2,1-3H3. The van der Waals surface area contributed by atoms with E-state index in [0.29, 0.717) is 18.8 Å². The van der Waals surface area contributed by atoms with E-state index in [2.05, 4.69) is 4.74 Å². The molecule has 0 saturated carbocycles. The van der Waals surface area contributed by atoms with Gasteiger partial charge in [-0.25, -0.2) is 4.79 Å². The minimum atomic E-state index is -0.656. The Hall–Kier alpha value is -1.82.